The van der Waals surface area contributed by atoms with E-state index >= 15 is 0 Å². The van der Waals surface area contributed by atoms with Crippen molar-refractivity contribution in [3.63, 3.8) is 0 Å². The first-order chi connectivity index (χ1) is 10.2. The van der Waals surface area contributed by atoms with Crippen LogP contribution in [0.3, 0.4) is 0 Å². The van der Waals surface area contributed by atoms with Crippen LogP contribution in [-0.2, 0) is 0 Å². The van der Waals surface area contributed by atoms with Gasteiger partial charge in [0.25, 0.3) is 0 Å². The Morgan fingerprint density at radius 3 is 2.76 bits per heavy atom. The summed E-state index contributed by atoms with van der Waals surface area (Å²) in [6, 6.07) is 7.91. The highest BCUT2D eigenvalue weighted by molar-refractivity contribution is 5.89. The summed E-state index contributed by atoms with van der Waals surface area (Å²) in [6.07, 6.45) is 7.02. The molecule has 0 bridgehead atoms. The number of hydrogen-bond acceptors (Lipinski definition) is 2. The monoisotopic (exact) mass is 290 g/mol. The van der Waals surface area contributed by atoms with Crippen molar-refractivity contribution in [2.45, 2.75) is 51.5 Å². The summed E-state index contributed by atoms with van der Waals surface area (Å²) in [5.41, 5.74) is 0.788. The fourth-order valence-electron chi connectivity index (χ4n) is 2.98. The van der Waals surface area contributed by atoms with Gasteiger partial charge < -0.3 is 15.0 Å². The quantitative estimate of drug-likeness (QED) is 0.879. The molecule has 1 fully saturated rings. The Hall–Kier alpha value is -1.71. The van der Waals surface area contributed by atoms with Crippen molar-refractivity contribution < 1.29 is 9.53 Å². The third kappa shape index (κ3) is 4.38. The second-order valence-corrected chi connectivity index (χ2v) is 5.65. The number of nitrogens with one attached hydrogen (secondary N) is 1. The van der Waals surface area contributed by atoms with E-state index < -0.39 is 0 Å². The summed E-state index contributed by atoms with van der Waals surface area (Å²) in [6.45, 7) is 2.94. The Morgan fingerprint density at radius 2 is 2.10 bits per heavy atom. The van der Waals surface area contributed by atoms with Crippen LogP contribution < -0.4 is 10.1 Å². The van der Waals surface area contributed by atoms with Crippen LogP contribution in [0.2, 0.25) is 0 Å². The summed E-state index contributed by atoms with van der Waals surface area (Å²) < 4.78 is 5.20. The number of hydrogen-bond donors (Lipinski definition) is 1. The fraction of sp³-hybridized carbons (Fsp3) is 0.588. The standard InChI is InChI=1S/C17H26N2O2/c1-3-12-19(15-9-5-4-6-10-15)17(20)18-14-8-7-11-16(13-14)21-2/h7-8,11,13,15H,3-6,9-10,12H2,1-2H3,(H,18,20). The summed E-state index contributed by atoms with van der Waals surface area (Å²) in [4.78, 5) is 14.6. The number of nitrogens with zero attached hydrogens (tertiary/aromatic N) is 1. The van der Waals surface area contributed by atoms with E-state index in [0.717, 1.165) is 37.2 Å². The minimum absolute atomic E-state index is 0.0111. The third-order valence-corrected chi connectivity index (χ3v) is 4.06. The van der Waals surface area contributed by atoms with Crippen LogP contribution in [0.5, 0.6) is 5.75 Å². The molecule has 0 saturated heterocycles. The SMILES string of the molecule is CCCN(C(=O)Nc1cccc(OC)c1)C1CCCCC1. The number of benzene rings is 1. The zero-order valence-corrected chi connectivity index (χ0v) is 13.1. The summed E-state index contributed by atoms with van der Waals surface area (Å²) >= 11 is 0. The van der Waals surface area contributed by atoms with Crippen molar-refractivity contribution >= 4 is 11.7 Å². The van der Waals surface area contributed by atoms with Crippen LogP contribution in [0.25, 0.3) is 0 Å². The zero-order valence-electron chi connectivity index (χ0n) is 13.1. The average Bonchev–Trinajstić information content (AvgIpc) is 2.53. The molecule has 2 amide bonds. The third-order valence-electron chi connectivity index (χ3n) is 4.06. The van der Waals surface area contributed by atoms with E-state index in [4.69, 9.17) is 4.74 Å². The molecule has 21 heavy (non-hydrogen) atoms. The van der Waals surface area contributed by atoms with Gasteiger partial charge in [-0.05, 0) is 31.4 Å². The number of carbonyl (C=O) groups is 1. The molecule has 1 aliphatic carbocycles. The highest BCUT2D eigenvalue weighted by atomic mass is 16.5. The van der Waals surface area contributed by atoms with Gasteiger partial charge in [-0.25, -0.2) is 4.79 Å². The van der Waals surface area contributed by atoms with Gasteiger partial charge in [0.05, 0.1) is 7.11 Å². The van der Waals surface area contributed by atoms with Gasteiger partial charge in [0.15, 0.2) is 0 Å². The van der Waals surface area contributed by atoms with Crippen molar-refractivity contribution in [3.05, 3.63) is 24.3 Å². The molecule has 0 spiro atoms. The lowest BCUT2D eigenvalue weighted by molar-refractivity contribution is 0.167. The molecule has 0 atom stereocenters. The van der Waals surface area contributed by atoms with Gasteiger partial charge in [0.1, 0.15) is 5.75 Å². The summed E-state index contributed by atoms with van der Waals surface area (Å²) in [5.74, 6) is 0.757. The largest absolute Gasteiger partial charge is 0.497 e. The smallest absolute Gasteiger partial charge is 0.322 e. The molecule has 4 heteroatoms. The molecule has 1 aromatic rings. The molecule has 2 rings (SSSR count). The Balaban J connectivity index is 2.03. The van der Waals surface area contributed by atoms with Crippen molar-refractivity contribution in [1.82, 2.24) is 4.90 Å². The van der Waals surface area contributed by atoms with Crippen LogP contribution >= 0.6 is 0 Å². The maximum absolute atomic E-state index is 12.6. The normalized spacial score (nSPS) is 15.5. The van der Waals surface area contributed by atoms with Crippen LogP contribution in [-0.4, -0.2) is 30.6 Å². The summed E-state index contributed by atoms with van der Waals surface area (Å²) in [5, 5.41) is 3.01. The lowest BCUT2D eigenvalue weighted by Crippen LogP contribution is -2.44. The molecule has 1 saturated carbocycles. The first-order valence-corrected chi connectivity index (χ1v) is 7.96. The van der Waals surface area contributed by atoms with E-state index in [0.29, 0.717) is 6.04 Å². The first-order valence-electron chi connectivity index (χ1n) is 7.96. The van der Waals surface area contributed by atoms with Gasteiger partial charge in [-0.3, -0.25) is 0 Å². The van der Waals surface area contributed by atoms with Gasteiger partial charge in [-0.1, -0.05) is 32.3 Å². The van der Waals surface area contributed by atoms with E-state index in [1.54, 1.807) is 7.11 Å². The Morgan fingerprint density at radius 1 is 1.33 bits per heavy atom. The number of ether oxygens (including phenoxy) is 1. The Kier molecular flexibility index (Phi) is 5.90. The van der Waals surface area contributed by atoms with Crippen molar-refractivity contribution in [2.75, 3.05) is 19.0 Å². The Labute approximate surface area is 127 Å². The molecule has 116 valence electrons. The van der Waals surface area contributed by atoms with Crippen LogP contribution in [0.1, 0.15) is 45.4 Å². The van der Waals surface area contributed by atoms with E-state index in [2.05, 4.69) is 12.2 Å². The minimum atomic E-state index is 0.0111. The van der Waals surface area contributed by atoms with E-state index in [9.17, 15) is 4.79 Å². The van der Waals surface area contributed by atoms with E-state index in [1.807, 2.05) is 29.2 Å². The van der Waals surface area contributed by atoms with Gasteiger partial charge in [-0.2, -0.15) is 0 Å². The van der Waals surface area contributed by atoms with Gasteiger partial charge in [0.2, 0.25) is 0 Å². The molecule has 1 aromatic carbocycles. The maximum atomic E-state index is 12.6. The molecular weight excluding hydrogens is 264 g/mol. The van der Waals surface area contributed by atoms with Crippen molar-refractivity contribution in [3.8, 4) is 5.75 Å². The highest BCUT2D eigenvalue weighted by Gasteiger charge is 2.24. The number of methoxy groups -OCH3 is 1. The van der Waals surface area contributed by atoms with Crippen LogP contribution in [0.4, 0.5) is 10.5 Å². The number of carbonyl (C=O) groups excluding carboxylic acids is 1. The predicted octanol–water partition coefficient (Wildman–Crippen LogP) is 4.27. The lowest BCUT2D eigenvalue weighted by Gasteiger charge is -2.34. The molecule has 0 aromatic heterocycles. The minimum Gasteiger partial charge on any atom is -0.497 e. The molecule has 4 nitrogen and oxygen atoms in total. The topological polar surface area (TPSA) is 41.6 Å². The fourth-order valence-corrected chi connectivity index (χ4v) is 2.98. The lowest BCUT2D eigenvalue weighted by atomic mass is 9.94. The van der Waals surface area contributed by atoms with Crippen LogP contribution in [0, 0.1) is 0 Å². The Bertz CT molecular complexity index is 456. The molecule has 0 radical (unpaired) electrons. The van der Waals surface area contributed by atoms with Crippen molar-refractivity contribution in [1.29, 1.82) is 0 Å². The predicted molar refractivity (Wildman–Crippen MR) is 85.9 cm³/mol. The number of rotatable bonds is 5. The number of urea groups is 1. The van der Waals surface area contributed by atoms with Crippen molar-refractivity contribution in [2.24, 2.45) is 0 Å². The second kappa shape index (κ2) is 7.91. The van der Waals surface area contributed by atoms with Gasteiger partial charge >= 0.3 is 6.03 Å². The van der Waals surface area contributed by atoms with E-state index in [-0.39, 0.29) is 6.03 Å². The first kappa shape index (κ1) is 15.7. The molecule has 1 N–H and O–H groups in total. The maximum Gasteiger partial charge on any atom is 0.322 e. The van der Waals surface area contributed by atoms with Crippen LogP contribution in [0.15, 0.2) is 24.3 Å². The molecular formula is C17H26N2O2. The van der Waals surface area contributed by atoms with Gasteiger partial charge in [-0.15, -0.1) is 0 Å². The summed E-state index contributed by atoms with van der Waals surface area (Å²) in [7, 11) is 1.63. The second-order valence-electron chi connectivity index (χ2n) is 5.65. The number of anilines is 1. The van der Waals surface area contributed by atoms with E-state index in [1.165, 1.54) is 19.3 Å². The molecule has 0 aliphatic heterocycles. The zero-order chi connectivity index (χ0) is 15.1. The molecule has 0 unspecified atom stereocenters. The highest BCUT2D eigenvalue weighted by Crippen LogP contribution is 2.24. The average molecular weight is 290 g/mol. The molecule has 1 aliphatic rings. The number of amides is 2. The van der Waals surface area contributed by atoms with Gasteiger partial charge in [0, 0.05) is 24.3 Å². The molecule has 0 heterocycles.